The van der Waals surface area contributed by atoms with Gasteiger partial charge in [-0.3, -0.25) is 9.78 Å². The van der Waals surface area contributed by atoms with Crippen molar-refractivity contribution >= 4 is 45.9 Å². The number of carbonyl (C=O) groups is 2. The van der Waals surface area contributed by atoms with Gasteiger partial charge in [-0.1, -0.05) is 30.3 Å². The Morgan fingerprint density at radius 3 is 2.55 bits per heavy atom. The van der Waals surface area contributed by atoms with E-state index in [1.807, 2.05) is 47.0 Å². The number of amides is 1. The lowest BCUT2D eigenvalue weighted by atomic mass is 10.1. The molecular weight excluding hydrogens is 386 g/mol. The minimum Gasteiger partial charge on any atom is -0.465 e. The minimum atomic E-state index is -0.438. The molecule has 0 unspecified atom stereocenters. The Bertz CT molecular complexity index is 1060. The van der Waals surface area contributed by atoms with Gasteiger partial charge in [-0.15, -0.1) is 0 Å². The molecule has 3 aromatic rings. The Hall–Kier alpha value is -3.06. The zero-order valence-corrected chi connectivity index (χ0v) is 16.9. The highest BCUT2D eigenvalue weighted by molar-refractivity contribution is 7.99. The summed E-state index contributed by atoms with van der Waals surface area (Å²) in [7, 11) is 1.35. The van der Waals surface area contributed by atoms with Gasteiger partial charge in [0.2, 0.25) is 0 Å². The van der Waals surface area contributed by atoms with Crippen LogP contribution in [-0.2, 0) is 4.74 Å². The summed E-state index contributed by atoms with van der Waals surface area (Å²) in [6.07, 6.45) is 1.62. The molecule has 0 atom stereocenters. The number of thioether (sulfide) groups is 1. The zero-order valence-electron chi connectivity index (χ0n) is 16.1. The van der Waals surface area contributed by atoms with Crippen molar-refractivity contribution in [3.05, 3.63) is 65.9 Å². The largest absolute Gasteiger partial charge is 0.465 e. The number of ether oxygens (including phenoxy) is 1. The van der Waals surface area contributed by atoms with Crippen LogP contribution in [0, 0.1) is 0 Å². The van der Waals surface area contributed by atoms with E-state index in [1.54, 1.807) is 24.4 Å². The Morgan fingerprint density at radius 2 is 1.76 bits per heavy atom. The number of fused-ring (bicyclic) bond motifs is 1. The van der Waals surface area contributed by atoms with Crippen molar-refractivity contribution in [2.45, 2.75) is 0 Å². The number of rotatable bonds is 4. The first-order valence-electron chi connectivity index (χ1n) is 9.38. The SMILES string of the molecule is COC(=O)c1ccccc1Nc1c(C(=O)N2CCSCC2)cnc2ccccc12. The van der Waals surface area contributed by atoms with Gasteiger partial charge >= 0.3 is 5.97 Å². The van der Waals surface area contributed by atoms with Gasteiger partial charge in [0.1, 0.15) is 0 Å². The molecule has 2 heterocycles. The average molecular weight is 407 g/mol. The summed E-state index contributed by atoms with van der Waals surface area (Å²) in [6, 6.07) is 14.8. The Balaban J connectivity index is 1.82. The second-order valence-electron chi connectivity index (χ2n) is 6.63. The second kappa shape index (κ2) is 8.53. The maximum absolute atomic E-state index is 13.3. The van der Waals surface area contributed by atoms with Gasteiger partial charge < -0.3 is 15.0 Å². The van der Waals surface area contributed by atoms with Crippen molar-refractivity contribution in [1.82, 2.24) is 9.88 Å². The number of carbonyl (C=O) groups excluding carboxylic acids is 2. The Morgan fingerprint density at radius 1 is 1.03 bits per heavy atom. The van der Waals surface area contributed by atoms with E-state index in [9.17, 15) is 9.59 Å². The summed E-state index contributed by atoms with van der Waals surface area (Å²) in [6.45, 7) is 1.43. The van der Waals surface area contributed by atoms with Gasteiger partial charge in [0.05, 0.1) is 35.1 Å². The number of hydrogen-bond donors (Lipinski definition) is 1. The summed E-state index contributed by atoms with van der Waals surface area (Å²) in [4.78, 5) is 31.8. The molecule has 6 nitrogen and oxygen atoms in total. The number of nitrogens with one attached hydrogen (secondary N) is 1. The summed E-state index contributed by atoms with van der Waals surface area (Å²) in [5.41, 5.74) is 2.91. The van der Waals surface area contributed by atoms with Crippen molar-refractivity contribution in [3.8, 4) is 0 Å². The first-order chi connectivity index (χ1) is 14.2. The van der Waals surface area contributed by atoms with Crippen LogP contribution in [0.3, 0.4) is 0 Å². The standard InChI is InChI=1S/C22H21N3O3S/c1-28-22(27)16-7-3-5-9-19(16)24-20-15-6-2-4-8-18(15)23-14-17(20)21(26)25-10-12-29-13-11-25/h2-9,14H,10-13H2,1H3,(H,23,24). The third-order valence-electron chi connectivity index (χ3n) is 4.90. The lowest BCUT2D eigenvalue weighted by molar-refractivity contribution is 0.0601. The summed E-state index contributed by atoms with van der Waals surface area (Å²) in [5.74, 6) is 1.37. The monoisotopic (exact) mass is 407 g/mol. The lowest BCUT2D eigenvalue weighted by Crippen LogP contribution is -2.38. The fourth-order valence-corrected chi connectivity index (χ4v) is 4.29. The molecule has 1 N–H and O–H groups in total. The second-order valence-corrected chi connectivity index (χ2v) is 7.86. The molecule has 2 aromatic carbocycles. The van der Waals surface area contributed by atoms with Crippen LogP contribution in [0.15, 0.2) is 54.7 Å². The van der Waals surface area contributed by atoms with Crippen LogP contribution in [0.4, 0.5) is 11.4 Å². The molecule has 0 bridgehead atoms. The molecule has 1 aromatic heterocycles. The number of hydrogen-bond acceptors (Lipinski definition) is 6. The van der Waals surface area contributed by atoms with E-state index in [0.29, 0.717) is 35.6 Å². The van der Waals surface area contributed by atoms with Crippen molar-refractivity contribution in [1.29, 1.82) is 0 Å². The van der Waals surface area contributed by atoms with E-state index in [0.717, 1.165) is 22.4 Å². The number of methoxy groups -OCH3 is 1. The molecule has 1 saturated heterocycles. The quantitative estimate of drug-likeness (QED) is 0.660. The first-order valence-corrected chi connectivity index (χ1v) is 10.5. The van der Waals surface area contributed by atoms with Crippen LogP contribution in [0.5, 0.6) is 0 Å². The molecule has 0 saturated carbocycles. The molecule has 1 fully saturated rings. The zero-order chi connectivity index (χ0) is 20.2. The molecule has 7 heteroatoms. The number of benzene rings is 2. The van der Waals surface area contributed by atoms with Gasteiger partial charge in [0.15, 0.2) is 0 Å². The highest BCUT2D eigenvalue weighted by Gasteiger charge is 2.24. The number of anilines is 2. The highest BCUT2D eigenvalue weighted by atomic mass is 32.2. The molecule has 0 spiro atoms. The van der Waals surface area contributed by atoms with Gasteiger partial charge in [0.25, 0.3) is 5.91 Å². The molecule has 148 valence electrons. The number of nitrogens with zero attached hydrogens (tertiary/aromatic N) is 2. The smallest absolute Gasteiger partial charge is 0.339 e. The Labute approximate surface area is 173 Å². The van der Waals surface area contributed by atoms with Crippen molar-refractivity contribution < 1.29 is 14.3 Å². The van der Waals surface area contributed by atoms with Crippen LogP contribution < -0.4 is 5.32 Å². The van der Waals surface area contributed by atoms with Gasteiger partial charge in [0, 0.05) is 36.2 Å². The van der Waals surface area contributed by atoms with E-state index in [4.69, 9.17) is 4.74 Å². The van der Waals surface area contributed by atoms with E-state index in [2.05, 4.69) is 10.3 Å². The molecule has 0 radical (unpaired) electrons. The maximum Gasteiger partial charge on any atom is 0.339 e. The predicted octanol–water partition coefficient (Wildman–Crippen LogP) is 3.95. The number of esters is 1. The van der Waals surface area contributed by atoms with Crippen molar-refractivity contribution in [2.24, 2.45) is 0 Å². The van der Waals surface area contributed by atoms with E-state index < -0.39 is 5.97 Å². The molecule has 1 aliphatic heterocycles. The number of pyridine rings is 1. The fraction of sp³-hybridized carbons (Fsp3) is 0.227. The average Bonchev–Trinajstić information content (AvgIpc) is 2.79. The van der Waals surface area contributed by atoms with Crippen LogP contribution >= 0.6 is 11.8 Å². The summed E-state index contributed by atoms with van der Waals surface area (Å²) >= 11 is 1.85. The summed E-state index contributed by atoms with van der Waals surface area (Å²) in [5, 5.41) is 4.15. The lowest BCUT2D eigenvalue weighted by Gasteiger charge is -2.27. The van der Waals surface area contributed by atoms with Crippen molar-refractivity contribution in [3.63, 3.8) is 0 Å². The van der Waals surface area contributed by atoms with Gasteiger partial charge in [-0.2, -0.15) is 11.8 Å². The third-order valence-corrected chi connectivity index (χ3v) is 5.84. The van der Waals surface area contributed by atoms with Crippen molar-refractivity contribution in [2.75, 3.05) is 37.0 Å². The molecule has 1 aliphatic rings. The molecule has 1 amide bonds. The van der Waals surface area contributed by atoms with E-state index in [-0.39, 0.29) is 5.91 Å². The maximum atomic E-state index is 13.3. The van der Waals surface area contributed by atoms with Crippen LogP contribution in [0.1, 0.15) is 20.7 Å². The highest BCUT2D eigenvalue weighted by Crippen LogP contribution is 2.32. The third kappa shape index (κ3) is 3.91. The Kier molecular flexibility index (Phi) is 5.67. The summed E-state index contributed by atoms with van der Waals surface area (Å²) < 4.78 is 4.91. The van der Waals surface area contributed by atoms with Gasteiger partial charge in [-0.25, -0.2) is 4.79 Å². The predicted molar refractivity (Wildman–Crippen MR) is 116 cm³/mol. The normalized spacial score (nSPS) is 13.9. The molecule has 0 aliphatic carbocycles. The van der Waals surface area contributed by atoms with Crippen LogP contribution in [0.25, 0.3) is 10.9 Å². The number of aromatic nitrogens is 1. The topological polar surface area (TPSA) is 71.5 Å². The molecule has 29 heavy (non-hydrogen) atoms. The van der Waals surface area contributed by atoms with Crippen LogP contribution in [0.2, 0.25) is 0 Å². The molecule has 4 rings (SSSR count). The van der Waals surface area contributed by atoms with Gasteiger partial charge in [-0.05, 0) is 18.2 Å². The number of para-hydroxylation sites is 2. The first kappa shape index (κ1) is 19.3. The van der Waals surface area contributed by atoms with Crippen LogP contribution in [-0.4, -0.2) is 53.5 Å². The minimum absolute atomic E-state index is 0.0541. The fourth-order valence-electron chi connectivity index (χ4n) is 3.39. The van der Waals surface area contributed by atoms with E-state index in [1.165, 1.54) is 7.11 Å². The molecular formula is C22H21N3O3S. The van der Waals surface area contributed by atoms with E-state index >= 15 is 0 Å².